The number of rotatable bonds is 1. The van der Waals surface area contributed by atoms with E-state index in [9.17, 15) is 9.28 Å². The molecule has 0 unspecified atom stereocenters. The van der Waals surface area contributed by atoms with Gasteiger partial charge < -0.3 is 0 Å². The van der Waals surface area contributed by atoms with Gasteiger partial charge in [0.05, 0.1) is 0 Å². The molecule has 4 nitrogen and oxygen atoms in total. The highest BCUT2D eigenvalue weighted by Crippen LogP contribution is 2.06. The molecule has 0 spiro atoms. The van der Waals surface area contributed by atoms with Gasteiger partial charge in [-0.05, 0) is 27.0 Å². The van der Waals surface area contributed by atoms with Gasteiger partial charge in [0.15, 0.2) is 0 Å². The minimum atomic E-state index is -0.120. The number of halogens is 1. The van der Waals surface area contributed by atoms with Crippen LogP contribution in [0.25, 0.3) is 0 Å². The molecule has 0 saturated carbocycles. The molecule has 15 heavy (non-hydrogen) atoms. The molecule has 1 amide bonds. The summed E-state index contributed by atoms with van der Waals surface area (Å²) in [6, 6.07) is -0.00559. The highest BCUT2D eigenvalue weighted by atomic mass is 32.2. The van der Waals surface area contributed by atoms with Gasteiger partial charge in [-0.15, -0.1) is 0 Å². The molecule has 0 atom stereocenters. The van der Waals surface area contributed by atoms with E-state index in [0.717, 1.165) is 11.8 Å². The smallest absolute Gasteiger partial charge is 0.225 e. The quantitative estimate of drug-likeness (QED) is 0.515. The maximum Gasteiger partial charge on any atom is 0.225 e. The number of thioether (sulfide) groups is 1. The zero-order valence-corrected chi connectivity index (χ0v) is 10.4. The van der Waals surface area contributed by atoms with Crippen LogP contribution >= 0.6 is 11.8 Å². The van der Waals surface area contributed by atoms with E-state index in [1.165, 1.54) is 11.8 Å². The maximum absolute atomic E-state index is 12.0. The van der Waals surface area contributed by atoms with E-state index in [1.54, 1.807) is 13.2 Å². The molecule has 0 aromatic heterocycles. The number of amides is 1. The third-order valence-electron chi connectivity index (χ3n) is 1.72. The number of aliphatic imine (C=N–C) groups is 1. The first-order valence-electron chi connectivity index (χ1n) is 4.52. The summed E-state index contributed by atoms with van der Waals surface area (Å²) in [5, 5.41) is 2.52. The third-order valence-corrected chi connectivity index (χ3v) is 2.24. The van der Waals surface area contributed by atoms with Gasteiger partial charge in [-0.25, -0.2) is 4.99 Å². The lowest BCUT2D eigenvalue weighted by Gasteiger charge is -2.24. The molecule has 0 N–H and O–H groups in total. The molecule has 86 valence electrons. The van der Waals surface area contributed by atoms with Crippen LogP contribution in [0.4, 0.5) is 4.48 Å². The normalized spacial score (nSPS) is 13.3. The van der Waals surface area contributed by atoms with Crippen LogP contribution in [0.2, 0.25) is 0 Å². The Bertz CT molecular complexity index is 289. The van der Waals surface area contributed by atoms with Crippen LogP contribution < -0.4 is 0 Å². The van der Waals surface area contributed by atoms with Crippen molar-refractivity contribution in [2.45, 2.75) is 33.7 Å². The van der Waals surface area contributed by atoms with Crippen LogP contribution in [0.3, 0.4) is 0 Å². The average Bonchev–Trinajstić information content (AvgIpc) is 2.12. The van der Waals surface area contributed by atoms with Crippen molar-refractivity contribution >= 4 is 28.7 Å². The van der Waals surface area contributed by atoms with E-state index in [1.807, 2.05) is 13.8 Å². The van der Waals surface area contributed by atoms with Crippen LogP contribution in [0.15, 0.2) is 10.2 Å². The second-order valence-corrected chi connectivity index (χ2v) is 3.99. The maximum atomic E-state index is 12.0. The molecule has 0 aromatic rings. The minimum absolute atomic E-state index is 0.00559. The summed E-state index contributed by atoms with van der Waals surface area (Å²) in [6.45, 7) is 6.84. The number of hydrogen-bond donors (Lipinski definition) is 0. The summed E-state index contributed by atoms with van der Waals surface area (Å²) >= 11 is 1.09. The van der Waals surface area contributed by atoms with Gasteiger partial charge in [-0.1, -0.05) is 21.5 Å². The highest BCUT2D eigenvalue weighted by Gasteiger charge is 2.16. The molecule has 0 fully saturated rings. The van der Waals surface area contributed by atoms with Gasteiger partial charge in [-0.2, -0.15) is 0 Å². The average molecular weight is 233 g/mol. The summed E-state index contributed by atoms with van der Waals surface area (Å²) in [4.78, 5) is 16.7. The molecule has 0 aliphatic heterocycles. The molecule has 0 aliphatic carbocycles. The summed E-state index contributed by atoms with van der Waals surface area (Å²) in [5.74, 6) is 0.328. The first-order valence-corrected chi connectivity index (χ1v) is 5.74. The zero-order valence-electron chi connectivity index (χ0n) is 9.61. The van der Waals surface area contributed by atoms with Crippen molar-refractivity contribution in [2.75, 3.05) is 6.26 Å². The minimum Gasteiger partial charge on any atom is -0.298 e. The summed E-state index contributed by atoms with van der Waals surface area (Å²) in [6.07, 6.45) is 1.67. The van der Waals surface area contributed by atoms with E-state index < -0.39 is 0 Å². The van der Waals surface area contributed by atoms with Crippen molar-refractivity contribution in [3.63, 3.8) is 0 Å². The van der Waals surface area contributed by atoms with Gasteiger partial charge in [0.1, 0.15) is 5.84 Å². The molecule has 6 heteroatoms. The zero-order chi connectivity index (χ0) is 12.0. The van der Waals surface area contributed by atoms with Crippen molar-refractivity contribution in [3.05, 3.63) is 0 Å². The Hall–Kier alpha value is -0.910. The predicted molar refractivity (Wildman–Crippen MR) is 62.8 cm³/mol. The fourth-order valence-corrected chi connectivity index (χ4v) is 1.55. The first kappa shape index (κ1) is 14.1. The fourth-order valence-electron chi connectivity index (χ4n) is 1.26. The van der Waals surface area contributed by atoms with Gasteiger partial charge in [0.25, 0.3) is 0 Å². The van der Waals surface area contributed by atoms with E-state index in [4.69, 9.17) is 0 Å². The van der Waals surface area contributed by atoms with Crippen LogP contribution in [-0.4, -0.2) is 34.1 Å². The summed E-state index contributed by atoms with van der Waals surface area (Å²) in [5.41, 5.74) is 0. The molecular formula is C9H16FN3OS. The molecular weight excluding hydrogens is 217 g/mol. The Morgan fingerprint density at radius 1 is 1.40 bits per heavy atom. The number of carbonyl (C=O) groups excluding carboxylic acids is 1. The SMILES string of the molecule is CSC(=NF)N=C(C)N(C(C)=O)C(C)C. The van der Waals surface area contributed by atoms with Crippen molar-refractivity contribution in [1.29, 1.82) is 0 Å². The highest BCUT2D eigenvalue weighted by molar-refractivity contribution is 8.13. The lowest BCUT2D eigenvalue weighted by atomic mass is 10.3. The first-order chi connectivity index (χ1) is 6.93. The molecule has 0 heterocycles. The largest absolute Gasteiger partial charge is 0.298 e. The van der Waals surface area contributed by atoms with Crippen molar-refractivity contribution in [1.82, 2.24) is 4.90 Å². The molecule has 0 saturated heterocycles. The number of nitrogens with zero attached hydrogens (tertiary/aromatic N) is 3. The van der Waals surface area contributed by atoms with Crippen LogP contribution in [-0.2, 0) is 4.79 Å². The molecule has 0 bridgehead atoms. The number of amidine groups is 2. The lowest BCUT2D eigenvalue weighted by Crippen LogP contribution is -2.39. The summed E-state index contributed by atoms with van der Waals surface area (Å²) in [7, 11) is 0. The second kappa shape index (κ2) is 6.55. The third kappa shape index (κ3) is 4.42. The van der Waals surface area contributed by atoms with Gasteiger partial charge in [-0.3, -0.25) is 9.69 Å². The van der Waals surface area contributed by atoms with Gasteiger partial charge in [0, 0.05) is 13.0 Å². The topological polar surface area (TPSA) is 45.0 Å². The standard InChI is InChI=1S/C9H16FN3OS/c1-6(2)13(8(4)14)7(3)11-9(12-10)15-5/h6H,1-5H3. The van der Waals surface area contributed by atoms with Gasteiger partial charge >= 0.3 is 0 Å². The van der Waals surface area contributed by atoms with E-state index in [0.29, 0.717) is 5.84 Å². The van der Waals surface area contributed by atoms with E-state index in [-0.39, 0.29) is 17.1 Å². The monoisotopic (exact) mass is 233 g/mol. The van der Waals surface area contributed by atoms with Crippen LogP contribution in [0.5, 0.6) is 0 Å². The summed E-state index contributed by atoms with van der Waals surface area (Å²) < 4.78 is 12.0. The molecule has 0 radical (unpaired) electrons. The predicted octanol–water partition coefficient (Wildman–Crippen LogP) is 2.27. The number of hydrogen-bond acceptors (Lipinski definition) is 3. The van der Waals surface area contributed by atoms with Crippen molar-refractivity contribution < 1.29 is 9.28 Å². The van der Waals surface area contributed by atoms with Crippen molar-refractivity contribution in [2.24, 2.45) is 10.2 Å². The number of carbonyl (C=O) groups is 1. The Morgan fingerprint density at radius 2 is 1.93 bits per heavy atom. The Balaban J connectivity index is 4.93. The van der Waals surface area contributed by atoms with Crippen LogP contribution in [0, 0.1) is 0 Å². The van der Waals surface area contributed by atoms with E-state index in [2.05, 4.69) is 10.2 Å². The van der Waals surface area contributed by atoms with Gasteiger partial charge in [0.2, 0.25) is 11.1 Å². The fraction of sp³-hybridized carbons (Fsp3) is 0.667. The van der Waals surface area contributed by atoms with Crippen molar-refractivity contribution in [3.8, 4) is 0 Å². The Kier molecular flexibility index (Phi) is 6.15. The lowest BCUT2D eigenvalue weighted by molar-refractivity contribution is -0.126. The molecule has 0 aromatic carbocycles. The molecule has 0 aliphatic rings. The Labute approximate surface area is 93.6 Å². The second-order valence-electron chi connectivity index (χ2n) is 3.21. The van der Waals surface area contributed by atoms with Crippen LogP contribution in [0.1, 0.15) is 27.7 Å². The molecule has 0 rings (SSSR count). The van der Waals surface area contributed by atoms with E-state index >= 15 is 0 Å². The Morgan fingerprint density at radius 3 is 2.20 bits per heavy atom.